The Morgan fingerprint density at radius 2 is 1.75 bits per heavy atom. The SMILES string of the molecule is O=C(NCc1ccc(F)cc1)[C@@H](c1ccc(O)cc1)N(C(=O)Cn1nnc(-c2cccs2)n1)c1cccc(F)c1. The monoisotopic (exact) mass is 560 g/mol. The van der Waals surface area contributed by atoms with Gasteiger partial charge in [-0.3, -0.25) is 14.5 Å². The molecule has 1 atom stereocenters. The van der Waals surface area contributed by atoms with Gasteiger partial charge in [-0.25, -0.2) is 8.78 Å². The van der Waals surface area contributed by atoms with E-state index in [1.807, 2.05) is 17.5 Å². The van der Waals surface area contributed by atoms with E-state index in [0.29, 0.717) is 17.0 Å². The Hall–Kier alpha value is -4.97. The van der Waals surface area contributed by atoms with Crippen molar-refractivity contribution < 1.29 is 23.5 Å². The van der Waals surface area contributed by atoms with Crippen LogP contribution < -0.4 is 10.2 Å². The number of thiophene rings is 1. The fourth-order valence-electron chi connectivity index (χ4n) is 4.04. The lowest BCUT2D eigenvalue weighted by Crippen LogP contribution is -2.45. The molecular weight excluding hydrogens is 538 g/mol. The van der Waals surface area contributed by atoms with Gasteiger partial charge in [0, 0.05) is 12.2 Å². The van der Waals surface area contributed by atoms with Crippen LogP contribution >= 0.6 is 11.3 Å². The van der Waals surface area contributed by atoms with Gasteiger partial charge < -0.3 is 10.4 Å². The highest BCUT2D eigenvalue weighted by Gasteiger charge is 2.33. The van der Waals surface area contributed by atoms with Crippen LogP contribution in [0.3, 0.4) is 0 Å². The van der Waals surface area contributed by atoms with Crippen molar-refractivity contribution in [3.63, 3.8) is 0 Å². The smallest absolute Gasteiger partial charge is 0.251 e. The van der Waals surface area contributed by atoms with Crippen LogP contribution in [0.15, 0.2) is 90.3 Å². The lowest BCUT2D eigenvalue weighted by molar-refractivity contribution is -0.127. The molecule has 5 aromatic rings. The predicted octanol–water partition coefficient (Wildman–Crippen LogP) is 4.48. The van der Waals surface area contributed by atoms with Gasteiger partial charge in [-0.15, -0.1) is 21.5 Å². The highest BCUT2D eigenvalue weighted by Crippen LogP contribution is 2.30. The van der Waals surface area contributed by atoms with E-state index in [2.05, 4.69) is 20.7 Å². The average molecular weight is 561 g/mol. The summed E-state index contributed by atoms with van der Waals surface area (Å²) in [6, 6.07) is 19.1. The third kappa shape index (κ3) is 6.18. The molecule has 0 bridgehead atoms. The number of hydrogen-bond donors (Lipinski definition) is 2. The number of carbonyl (C=O) groups is 2. The summed E-state index contributed by atoms with van der Waals surface area (Å²) >= 11 is 1.42. The highest BCUT2D eigenvalue weighted by molar-refractivity contribution is 7.13. The van der Waals surface area contributed by atoms with E-state index in [0.717, 1.165) is 20.6 Å². The van der Waals surface area contributed by atoms with E-state index < -0.39 is 36.0 Å². The Balaban J connectivity index is 1.50. The number of hydrogen-bond acceptors (Lipinski definition) is 7. The van der Waals surface area contributed by atoms with Crippen LogP contribution in [0.5, 0.6) is 5.75 Å². The second-order valence-corrected chi connectivity index (χ2v) is 9.65. The number of amides is 2. The van der Waals surface area contributed by atoms with Gasteiger partial charge in [-0.1, -0.05) is 36.4 Å². The molecular formula is C28H22F2N6O3S. The zero-order chi connectivity index (χ0) is 28.1. The van der Waals surface area contributed by atoms with E-state index in [1.54, 1.807) is 0 Å². The number of anilines is 1. The molecule has 3 aromatic carbocycles. The molecule has 40 heavy (non-hydrogen) atoms. The molecule has 0 aliphatic rings. The summed E-state index contributed by atoms with van der Waals surface area (Å²) in [5, 5.41) is 26.7. The molecule has 2 aromatic heterocycles. The number of phenolic OH excluding ortho intramolecular Hbond substituents is 1. The second-order valence-electron chi connectivity index (χ2n) is 8.70. The summed E-state index contributed by atoms with van der Waals surface area (Å²) in [4.78, 5) is 30.6. The number of aromatic nitrogens is 4. The topological polar surface area (TPSA) is 113 Å². The van der Waals surface area contributed by atoms with Crippen LogP contribution in [-0.2, 0) is 22.7 Å². The van der Waals surface area contributed by atoms with Crippen LogP contribution in [0.25, 0.3) is 10.7 Å². The molecule has 0 saturated heterocycles. The van der Waals surface area contributed by atoms with Crippen LogP contribution in [0.2, 0.25) is 0 Å². The molecule has 0 aliphatic heterocycles. The van der Waals surface area contributed by atoms with Gasteiger partial charge in [0.2, 0.25) is 11.7 Å². The maximum atomic E-state index is 14.4. The van der Waals surface area contributed by atoms with Crippen LogP contribution in [-0.4, -0.2) is 37.1 Å². The van der Waals surface area contributed by atoms with Gasteiger partial charge in [0.05, 0.1) is 4.88 Å². The summed E-state index contributed by atoms with van der Waals surface area (Å²) in [5.41, 5.74) is 1.12. The maximum Gasteiger partial charge on any atom is 0.251 e. The zero-order valence-electron chi connectivity index (χ0n) is 20.8. The quantitative estimate of drug-likeness (QED) is 0.275. The molecule has 0 unspecified atom stereocenters. The number of carbonyl (C=O) groups excluding carboxylic acids is 2. The van der Waals surface area contributed by atoms with Gasteiger partial charge >= 0.3 is 0 Å². The number of nitrogens with one attached hydrogen (secondary N) is 1. The normalized spacial score (nSPS) is 11.7. The third-order valence-electron chi connectivity index (χ3n) is 5.92. The Morgan fingerprint density at radius 1 is 0.975 bits per heavy atom. The first-order chi connectivity index (χ1) is 19.4. The van der Waals surface area contributed by atoms with Gasteiger partial charge in [0.25, 0.3) is 5.91 Å². The van der Waals surface area contributed by atoms with E-state index >= 15 is 0 Å². The minimum absolute atomic E-state index is 0.0363. The first kappa shape index (κ1) is 26.6. The lowest BCUT2D eigenvalue weighted by atomic mass is 10.0. The van der Waals surface area contributed by atoms with Gasteiger partial charge in [-0.2, -0.15) is 4.80 Å². The summed E-state index contributed by atoms with van der Waals surface area (Å²) in [5.74, 6) is -1.92. The summed E-state index contributed by atoms with van der Waals surface area (Å²) in [7, 11) is 0. The van der Waals surface area contributed by atoms with Crippen LogP contribution in [0.1, 0.15) is 17.2 Å². The molecule has 0 spiro atoms. The van der Waals surface area contributed by atoms with Gasteiger partial charge in [-0.05, 0) is 70.3 Å². The summed E-state index contributed by atoms with van der Waals surface area (Å²) in [6.45, 7) is -0.345. The van der Waals surface area contributed by atoms with E-state index in [4.69, 9.17) is 0 Å². The molecule has 2 heterocycles. The molecule has 5 rings (SSSR count). The molecule has 2 N–H and O–H groups in total. The fourth-order valence-corrected chi connectivity index (χ4v) is 4.69. The molecule has 12 heteroatoms. The average Bonchev–Trinajstić information content (AvgIpc) is 3.64. The number of phenols is 1. The third-order valence-corrected chi connectivity index (χ3v) is 6.79. The molecule has 0 aliphatic carbocycles. The molecule has 0 fully saturated rings. The van der Waals surface area contributed by atoms with Gasteiger partial charge in [0.1, 0.15) is 30.0 Å². The van der Waals surface area contributed by atoms with Crippen molar-refractivity contribution >= 4 is 28.8 Å². The molecule has 202 valence electrons. The number of tetrazole rings is 1. The fraction of sp³-hybridized carbons (Fsp3) is 0.107. The van der Waals surface area contributed by atoms with E-state index in [9.17, 15) is 23.5 Å². The minimum Gasteiger partial charge on any atom is -0.508 e. The largest absolute Gasteiger partial charge is 0.508 e. The number of nitrogens with zero attached hydrogens (tertiary/aromatic N) is 5. The van der Waals surface area contributed by atoms with Crippen LogP contribution in [0, 0.1) is 11.6 Å². The molecule has 9 nitrogen and oxygen atoms in total. The Bertz CT molecular complexity index is 1610. The Labute approximate surface area is 231 Å². The van der Waals surface area contributed by atoms with Crippen molar-refractivity contribution in [3.05, 3.63) is 113 Å². The number of rotatable bonds is 9. The molecule has 2 amide bonds. The number of aromatic hydroxyl groups is 1. The molecule has 0 radical (unpaired) electrons. The summed E-state index contributed by atoms with van der Waals surface area (Å²) < 4.78 is 27.7. The lowest BCUT2D eigenvalue weighted by Gasteiger charge is -2.31. The molecule has 0 saturated carbocycles. The predicted molar refractivity (Wildman–Crippen MR) is 144 cm³/mol. The van der Waals surface area contributed by atoms with E-state index in [-0.39, 0.29) is 18.0 Å². The first-order valence-corrected chi connectivity index (χ1v) is 13.0. The highest BCUT2D eigenvalue weighted by atomic mass is 32.1. The van der Waals surface area contributed by atoms with Crippen molar-refractivity contribution in [1.29, 1.82) is 0 Å². The number of benzene rings is 3. The Morgan fingerprint density at radius 3 is 2.45 bits per heavy atom. The van der Waals surface area contributed by atoms with Crippen molar-refractivity contribution in [2.45, 2.75) is 19.1 Å². The summed E-state index contributed by atoms with van der Waals surface area (Å²) in [6.07, 6.45) is 0. The number of halogens is 2. The first-order valence-electron chi connectivity index (χ1n) is 12.1. The standard InChI is InChI=1S/C28H22F2N6O3S/c29-20-10-6-18(7-11-20)16-31-28(39)26(19-8-12-23(37)13-9-19)36(22-4-1-3-21(30)15-22)25(38)17-35-33-27(32-34-35)24-5-2-14-40-24/h1-15,26,37H,16-17H2,(H,31,39)/t26-/m1/s1. The van der Waals surface area contributed by atoms with Crippen LogP contribution in [0.4, 0.5) is 14.5 Å². The van der Waals surface area contributed by atoms with Crippen molar-refractivity contribution in [2.24, 2.45) is 0 Å². The maximum absolute atomic E-state index is 14.4. The Kier molecular flexibility index (Phi) is 7.87. The van der Waals surface area contributed by atoms with Crippen molar-refractivity contribution in [2.75, 3.05) is 4.90 Å². The van der Waals surface area contributed by atoms with E-state index in [1.165, 1.54) is 78.1 Å². The zero-order valence-corrected chi connectivity index (χ0v) is 21.6. The van der Waals surface area contributed by atoms with Gasteiger partial charge in [0.15, 0.2) is 0 Å². The second kappa shape index (κ2) is 11.8. The van der Waals surface area contributed by atoms with Crippen molar-refractivity contribution in [1.82, 2.24) is 25.5 Å². The van der Waals surface area contributed by atoms with Crippen molar-refractivity contribution in [3.8, 4) is 16.5 Å². The minimum atomic E-state index is -1.27.